The average Bonchev–Trinajstić information content (AvgIpc) is 2.64. The fraction of sp³-hybridized carbons (Fsp3) is 0.500. The number of benzene rings is 1. The second kappa shape index (κ2) is 3.89. The van der Waals surface area contributed by atoms with Crippen LogP contribution in [0.4, 0.5) is 8.78 Å². The summed E-state index contributed by atoms with van der Waals surface area (Å²) in [6.07, 6.45) is 2.12. The van der Waals surface area contributed by atoms with E-state index in [-0.39, 0.29) is 5.56 Å². The second-order valence-corrected chi connectivity index (χ2v) is 3.97. The fourth-order valence-electron chi connectivity index (χ4n) is 2.24. The highest BCUT2D eigenvalue weighted by molar-refractivity contribution is 5.40. The molecule has 0 atom stereocenters. The summed E-state index contributed by atoms with van der Waals surface area (Å²) in [6.45, 7) is -0.476. The molecule has 1 N–H and O–H groups in total. The largest absolute Gasteiger partial charge is 0.396 e. The number of alkyl halides is 2. The molecule has 0 aliphatic heterocycles. The number of fused-ring (bicyclic) bond motifs is 1. The molecule has 1 aliphatic rings. The molecule has 0 heterocycles. The lowest BCUT2D eigenvalue weighted by Gasteiger charge is -2.18. The highest BCUT2D eigenvalue weighted by Crippen LogP contribution is 2.37. The van der Waals surface area contributed by atoms with Gasteiger partial charge in [-0.05, 0) is 30.4 Å². The molecular weight excluding hydrogens is 198 g/mol. The highest BCUT2D eigenvalue weighted by Gasteiger charge is 2.34. The van der Waals surface area contributed by atoms with Crippen molar-refractivity contribution in [2.75, 3.05) is 6.61 Å². The number of aliphatic hydroxyl groups is 1. The number of aryl methyl sites for hydroxylation is 1. The molecule has 0 saturated carbocycles. The maximum Gasteiger partial charge on any atom is 0.275 e. The first-order valence-electron chi connectivity index (χ1n) is 5.25. The highest BCUT2D eigenvalue weighted by atomic mass is 19.3. The van der Waals surface area contributed by atoms with E-state index in [2.05, 4.69) is 0 Å². The number of hydrogen-bond donors (Lipinski definition) is 1. The zero-order valence-corrected chi connectivity index (χ0v) is 8.47. The van der Waals surface area contributed by atoms with Gasteiger partial charge in [0.15, 0.2) is 0 Å². The Morgan fingerprint density at radius 2 is 2.07 bits per heavy atom. The van der Waals surface area contributed by atoms with Gasteiger partial charge in [-0.3, -0.25) is 0 Å². The molecule has 15 heavy (non-hydrogen) atoms. The van der Waals surface area contributed by atoms with Crippen LogP contribution in [0.5, 0.6) is 0 Å². The smallest absolute Gasteiger partial charge is 0.275 e. The molecule has 1 aromatic rings. The maximum atomic E-state index is 13.7. The quantitative estimate of drug-likeness (QED) is 0.816. The standard InChI is InChI=1S/C12H14F2O/c13-12(14,7-8-15)11-6-2-4-9-3-1-5-10(9)11/h2,4,6,15H,1,3,5,7-8H2. The molecular formula is C12H14F2O. The van der Waals surface area contributed by atoms with E-state index in [0.717, 1.165) is 30.4 Å². The summed E-state index contributed by atoms with van der Waals surface area (Å²) in [5.74, 6) is -2.88. The van der Waals surface area contributed by atoms with E-state index >= 15 is 0 Å². The van der Waals surface area contributed by atoms with Crippen LogP contribution >= 0.6 is 0 Å². The van der Waals surface area contributed by atoms with Crippen molar-refractivity contribution in [2.45, 2.75) is 31.6 Å². The number of halogens is 2. The zero-order chi connectivity index (χ0) is 10.9. The topological polar surface area (TPSA) is 20.2 Å². The van der Waals surface area contributed by atoms with Crippen LogP contribution in [0, 0.1) is 0 Å². The van der Waals surface area contributed by atoms with Gasteiger partial charge in [0.2, 0.25) is 0 Å². The summed E-state index contributed by atoms with van der Waals surface area (Å²) in [4.78, 5) is 0. The molecule has 3 heteroatoms. The summed E-state index contributed by atoms with van der Waals surface area (Å²) < 4.78 is 27.3. The zero-order valence-electron chi connectivity index (χ0n) is 8.47. The minimum atomic E-state index is -2.88. The lowest BCUT2D eigenvalue weighted by atomic mass is 9.97. The first kappa shape index (κ1) is 10.6. The maximum absolute atomic E-state index is 13.7. The van der Waals surface area contributed by atoms with Gasteiger partial charge in [-0.25, -0.2) is 8.78 Å². The molecule has 0 fully saturated rings. The van der Waals surface area contributed by atoms with Crippen LogP contribution in [-0.2, 0) is 18.8 Å². The fourth-order valence-corrected chi connectivity index (χ4v) is 2.24. The number of hydrogen-bond acceptors (Lipinski definition) is 1. The van der Waals surface area contributed by atoms with E-state index in [9.17, 15) is 8.78 Å². The third-order valence-corrected chi connectivity index (χ3v) is 2.97. The minimum Gasteiger partial charge on any atom is -0.396 e. The molecule has 0 bridgehead atoms. The van der Waals surface area contributed by atoms with Crippen molar-refractivity contribution in [3.05, 3.63) is 34.9 Å². The van der Waals surface area contributed by atoms with Crippen molar-refractivity contribution in [2.24, 2.45) is 0 Å². The first-order valence-corrected chi connectivity index (χ1v) is 5.25. The normalized spacial score (nSPS) is 15.4. The van der Waals surface area contributed by atoms with Crippen molar-refractivity contribution in [1.82, 2.24) is 0 Å². The molecule has 0 saturated heterocycles. The van der Waals surface area contributed by atoms with Gasteiger partial charge in [-0.2, -0.15) is 0 Å². The molecule has 1 nitrogen and oxygen atoms in total. The first-order chi connectivity index (χ1) is 7.15. The van der Waals surface area contributed by atoms with Crippen LogP contribution in [-0.4, -0.2) is 11.7 Å². The molecule has 82 valence electrons. The van der Waals surface area contributed by atoms with Gasteiger partial charge in [-0.15, -0.1) is 0 Å². The van der Waals surface area contributed by atoms with Crippen molar-refractivity contribution >= 4 is 0 Å². The van der Waals surface area contributed by atoms with Gasteiger partial charge >= 0.3 is 0 Å². The molecule has 0 radical (unpaired) electrons. The van der Waals surface area contributed by atoms with Crippen molar-refractivity contribution in [3.63, 3.8) is 0 Å². The predicted octanol–water partition coefficient (Wildman–Crippen LogP) is 2.65. The average molecular weight is 212 g/mol. The lowest BCUT2D eigenvalue weighted by Crippen LogP contribution is -2.17. The summed E-state index contributed by atoms with van der Waals surface area (Å²) in [5, 5.41) is 8.63. The van der Waals surface area contributed by atoms with Crippen LogP contribution in [0.15, 0.2) is 18.2 Å². The Kier molecular flexibility index (Phi) is 2.74. The Morgan fingerprint density at radius 3 is 2.80 bits per heavy atom. The van der Waals surface area contributed by atoms with E-state index in [0.29, 0.717) is 0 Å². The van der Waals surface area contributed by atoms with Gasteiger partial charge in [-0.1, -0.05) is 18.2 Å². The number of aliphatic hydroxyl groups excluding tert-OH is 1. The Balaban J connectivity index is 2.40. The van der Waals surface area contributed by atoms with Crippen molar-refractivity contribution in [3.8, 4) is 0 Å². The van der Waals surface area contributed by atoms with Gasteiger partial charge in [0, 0.05) is 18.6 Å². The Bertz CT molecular complexity index is 361. The molecule has 1 aliphatic carbocycles. The third kappa shape index (κ3) is 1.88. The van der Waals surface area contributed by atoms with Gasteiger partial charge in [0.25, 0.3) is 5.92 Å². The van der Waals surface area contributed by atoms with Gasteiger partial charge < -0.3 is 5.11 Å². The Morgan fingerprint density at radius 1 is 1.27 bits per heavy atom. The Labute approximate surface area is 87.7 Å². The van der Waals surface area contributed by atoms with Gasteiger partial charge in [0.1, 0.15) is 0 Å². The van der Waals surface area contributed by atoms with Crippen molar-refractivity contribution in [1.29, 1.82) is 0 Å². The summed E-state index contributed by atoms with van der Waals surface area (Å²) >= 11 is 0. The van der Waals surface area contributed by atoms with E-state index < -0.39 is 19.0 Å². The molecule has 0 unspecified atom stereocenters. The van der Waals surface area contributed by atoms with Crippen LogP contribution in [0.2, 0.25) is 0 Å². The summed E-state index contributed by atoms with van der Waals surface area (Å²) in [7, 11) is 0. The summed E-state index contributed by atoms with van der Waals surface area (Å²) in [6, 6.07) is 5.09. The second-order valence-electron chi connectivity index (χ2n) is 3.97. The van der Waals surface area contributed by atoms with E-state index in [1.165, 1.54) is 6.07 Å². The monoisotopic (exact) mass is 212 g/mol. The van der Waals surface area contributed by atoms with E-state index in [4.69, 9.17) is 5.11 Å². The molecule has 0 spiro atoms. The van der Waals surface area contributed by atoms with Gasteiger partial charge in [0.05, 0.1) is 0 Å². The van der Waals surface area contributed by atoms with Crippen LogP contribution in [0.25, 0.3) is 0 Å². The molecule has 1 aromatic carbocycles. The molecule has 0 amide bonds. The van der Waals surface area contributed by atoms with Crippen LogP contribution < -0.4 is 0 Å². The third-order valence-electron chi connectivity index (χ3n) is 2.97. The van der Waals surface area contributed by atoms with Crippen LogP contribution in [0.3, 0.4) is 0 Å². The van der Waals surface area contributed by atoms with Crippen LogP contribution in [0.1, 0.15) is 29.5 Å². The van der Waals surface area contributed by atoms with E-state index in [1.54, 1.807) is 6.07 Å². The SMILES string of the molecule is OCCC(F)(F)c1cccc2c1CCC2. The van der Waals surface area contributed by atoms with E-state index in [1.807, 2.05) is 6.07 Å². The van der Waals surface area contributed by atoms with Crippen molar-refractivity contribution < 1.29 is 13.9 Å². The molecule has 0 aromatic heterocycles. The molecule has 2 rings (SSSR count). The number of rotatable bonds is 3. The lowest BCUT2D eigenvalue weighted by molar-refractivity contribution is -0.0276. The predicted molar refractivity (Wildman–Crippen MR) is 54.1 cm³/mol. The summed E-state index contributed by atoms with van der Waals surface area (Å²) in [5.41, 5.74) is 1.97. The Hall–Kier alpha value is -0.960. The minimum absolute atomic E-state index is 0.117.